The van der Waals surface area contributed by atoms with Gasteiger partial charge in [-0.2, -0.15) is 4.31 Å². The van der Waals surface area contributed by atoms with Crippen LogP contribution in [0.15, 0.2) is 18.2 Å². The van der Waals surface area contributed by atoms with Crippen LogP contribution in [0.3, 0.4) is 0 Å². The lowest BCUT2D eigenvalue weighted by molar-refractivity contribution is -0.131. The van der Waals surface area contributed by atoms with Crippen molar-refractivity contribution in [1.29, 1.82) is 0 Å². The van der Waals surface area contributed by atoms with E-state index in [1.54, 1.807) is 0 Å². The fourth-order valence-electron chi connectivity index (χ4n) is 3.45. The van der Waals surface area contributed by atoms with Crippen molar-refractivity contribution < 1.29 is 13.2 Å². The van der Waals surface area contributed by atoms with E-state index in [1.165, 1.54) is 27.4 Å². The van der Waals surface area contributed by atoms with Gasteiger partial charge in [0.2, 0.25) is 15.9 Å². The van der Waals surface area contributed by atoms with Crippen LogP contribution in [0.25, 0.3) is 0 Å². The second kappa shape index (κ2) is 8.39. The van der Waals surface area contributed by atoms with Crippen molar-refractivity contribution >= 4 is 21.6 Å². The van der Waals surface area contributed by atoms with Crippen LogP contribution in [0.4, 0.5) is 5.69 Å². The molecule has 0 unspecified atom stereocenters. The summed E-state index contributed by atoms with van der Waals surface area (Å²) in [6, 6.07) is 6.17. The first-order valence-corrected chi connectivity index (χ1v) is 11.0. The molecule has 0 aromatic heterocycles. The molecule has 0 spiro atoms. The van der Waals surface area contributed by atoms with E-state index in [-0.39, 0.29) is 24.9 Å². The Kier molecular flexibility index (Phi) is 6.69. The average molecular weight is 382 g/mol. The van der Waals surface area contributed by atoms with E-state index in [0.29, 0.717) is 13.1 Å². The van der Waals surface area contributed by atoms with Gasteiger partial charge in [-0.1, -0.05) is 12.1 Å². The number of nitrogens with zero attached hydrogens (tertiary/aromatic N) is 3. The third-order valence-corrected chi connectivity index (χ3v) is 6.55. The molecule has 6 nitrogen and oxygen atoms in total. The maximum atomic E-state index is 12.5. The summed E-state index contributed by atoms with van der Waals surface area (Å²) in [6.45, 7) is 11.1. The van der Waals surface area contributed by atoms with E-state index in [1.807, 2.05) is 18.7 Å². The predicted octanol–water partition coefficient (Wildman–Crippen LogP) is 2.01. The second-order valence-corrected chi connectivity index (χ2v) is 9.24. The van der Waals surface area contributed by atoms with Gasteiger partial charge in [-0.25, -0.2) is 8.42 Å². The Bertz CT molecular complexity index is 738. The van der Waals surface area contributed by atoms with Gasteiger partial charge in [0.25, 0.3) is 0 Å². The molecular formula is C19H31N3O3S. The molecule has 0 bridgehead atoms. The number of piperazine rings is 1. The molecule has 0 aliphatic carbocycles. The van der Waals surface area contributed by atoms with E-state index < -0.39 is 10.0 Å². The van der Waals surface area contributed by atoms with Crippen LogP contribution in [-0.4, -0.2) is 68.6 Å². The van der Waals surface area contributed by atoms with Crippen LogP contribution in [0.2, 0.25) is 0 Å². The van der Waals surface area contributed by atoms with E-state index in [9.17, 15) is 13.2 Å². The first-order chi connectivity index (χ1) is 12.1. The third kappa shape index (κ3) is 4.98. The number of benzene rings is 1. The van der Waals surface area contributed by atoms with Gasteiger partial charge >= 0.3 is 0 Å². The maximum absolute atomic E-state index is 12.5. The molecule has 0 radical (unpaired) electrons. The number of carbonyl (C=O) groups is 1. The Morgan fingerprint density at radius 1 is 1.15 bits per heavy atom. The Balaban J connectivity index is 1.91. The number of aryl methyl sites for hydroxylation is 1. The van der Waals surface area contributed by atoms with Gasteiger partial charge in [-0.15, -0.1) is 0 Å². The minimum Gasteiger partial charge on any atom is -0.368 e. The molecule has 1 fully saturated rings. The summed E-state index contributed by atoms with van der Waals surface area (Å²) in [6.07, 6.45) is 1.43. The minimum absolute atomic E-state index is 0.0277. The minimum atomic E-state index is -3.29. The Morgan fingerprint density at radius 3 is 2.31 bits per heavy atom. The fraction of sp³-hybridized carbons (Fsp3) is 0.632. The highest BCUT2D eigenvalue weighted by atomic mass is 32.2. The smallest absolute Gasteiger partial charge is 0.224 e. The molecule has 2 rings (SSSR count). The van der Waals surface area contributed by atoms with Crippen molar-refractivity contribution in [1.82, 2.24) is 9.21 Å². The number of carbonyl (C=O) groups excluding carboxylic acids is 1. The molecule has 26 heavy (non-hydrogen) atoms. The second-order valence-electron chi connectivity index (χ2n) is 7.30. The van der Waals surface area contributed by atoms with Gasteiger partial charge in [0.15, 0.2) is 0 Å². The lowest BCUT2D eigenvalue weighted by Gasteiger charge is -2.37. The van der Waals surface area contributed by atoms with Crippen molar-refractivity contribution in [2.75, 3.05) is 43.9 Å². The fourth-order valence-corrected chi connectivity index (χ4v) is 4.63. The van der Waals surface area contributed by atoms with Crippen LogP contribution >= 0.6 is 0 Å². The van der Waals surface area contributed by atoms with Crippen molar-refractivity contribution in [2.24, 2.45) is 0 Å². The lowest BCUT2D eigenvalue weighted by Crippen LogP contribution is -2.49. The third-order valence-electron chi connectivity index (χ3n) is 5.10. The Morgan fingerprint density at radius 2 is 1.77 bits per heavy atom. The van der Waals surface area contributed by atoms with E-state index in [0.717, 1.165) is 13.1 Å². The molecule has 1 aromatic rings. The summed E-state index contributed by atoms with van der Waals surface area (Å²) in [4.78, 5) is 16.7. The van der Waals surface area contributed by atoms with Crippen LogP contribution in [0.5, 0.6) is 0 Å². The van der Waals surface area contributed by atoms with Crippen LogP contribution in [-0.2, 0) is 14.8 Å². The van der Waals surface area contributed by atoms with Gasteiger partial charge < -0.3 is 9.80 Å². The Labute approximate surface area is 157 Å². The standard InChI is InChI=1S/C19H31N3O3S/c1-15(2)22(26(5,24)25)10-9-19(23)21-13-11-20(12-14-21)18-8-6-7-16(3)17(18)4/h6-8,15H,9-14H2,1-5H3. The van der Waals surface area contributed by atoms with E-state index in [4.69, 9.17) is 0 Å². The van der Waals surface area contributed by atoms with Crippen molar-refractivity contribution in [3.63, 3.8) is 0 Å². The highest BCUT2D eigenvalue weighted by Crippen LogP contribution is 2.24. The monoisotopic (exact) mass is 381 g/mol. The van der Waals surface area contributed by atoms with Crippen molar-refractivity contribution in [3.8, 4) is 0 Å². The van der Waals surface area contributed by atoms with Gasteiger partial charge in [-0.05, 0) is 44.9 Å². The molecule has 1 aliphatic heterocycles. The summed E-state index contributed by atoms with van der Waals surface area (Å²) < 4.78 is 25.0. The first kappa shape index (κ1) is 20.7. The average Bonchev–Trinajstić information content (AvgIpc) is 2.56. The number of hydrogen-bond acceptors (Lipinski definition) is 4. The number of anilines is 1. The zero-order valence-corrected chi connectivity index (χ0v) is 17.3. The van der Waals surface area contributed by atoms with Crippen LogP contribution in [0, 0.1) is 13.8 Å². The molecule has 7 heteroatoms. The molecule has 1 heterocycles. The van der Waals surface area contributed by atoms with Crippen LogP contribution in [0.1, 0.15) is 31.4 Å². The summed E-state index contributed by atoms with van der Waals surface area (Å²) in [5, 5.41) is 0. The molecule has 0 N–H and O–H groups in total. The van der Waals surface area contributed by atoms with Gasteiger partial charge in [0.1, 0.15) is 0 Å². The number of rotatable bonds is 6. The molecule has 1 amide bonds. The summed E-state index contributed by atoms with van der Waals surface area (Å²) in [7, 11) is -3.29. The van der Waals surface area contributed by atoms with E-state index in [2.05, 4.69) is 36.9 Å². The van der Waals surface area contributed by atoms with Crippen LogP contribution < -0.4 is 4.90 Å². The molecule has 1 aliphatic rings. The maximum Gasteiger partial charge on any atom is 0.224 e. The zero-order valence-electron chi connectivity index (χ0n) is 16.5. The number of amides is 1. The largest absolute Gasteiger partial charge is 0.368 e. The van der Waals surface area contributed by atoms with Gasteiger partial charge in [0.05, 0.1) is 6.26 Å². The zero-order chi connectivity index (χ0) is 19.5. The quantitative estimate of drug-likeness (QED) is 0.756. The molecule has 146 valence electrons. The first-order valence-electron chi connectivity index (χ1n) is 9.17. The lowest BCUT2D eigenvalue weighted by atomic mass is 10.1. The summed E-state index contributed by atoms with van der Waals surface area (Å²) in [5.74, 6) is 0.0277. The number of sulfonamides is 1. The van der Waals surface area contributed by atoms with Gasteiger partial charge in [0, 0.05) is 50.9 Å². The molecule has 1 aromatic carbocycles. The Hall–Kier alpha value is -1.60. The van der Waals surface area contributed by atoms with Crippen molar-refractivity contribution in [3.05, 3.63) is 29.3 Å². The summed E-state index contributed by atoms with van der Waals surface area (Å²) in [5.41, 5.74) is 3.80. The number of hydrogen-bond donors (Lipinski definition) is 0. The SMILES string of the molecule is Cc1cccc(N2CCN(C(=O)CCN(C(C)C)S(C)(=O)=O)CC2)c1C. The molecular weight excluding hydrogens is 350 g/mol. The van der Waals surface area contributed by atoms with Gasteiger partial charge in [-0.3, -0.25) is 4.79 Å². The molecule has 1 saturated heterocycles. The molecule has 0 atom stereocenters. The summed E-state index contributed by atoms with van der Waals surface area (Å²) >= 11 is 0. The highest BCUT2D eigenvalue weighted by molar-refractivity contribution is 7.88. The highest BCUT2D eigenvalue weighted by Gasteiger charge is 2.25. The molecule has 0 saturated carbocycles. The predicted molar refractivity (Wildman–Crippen MR) is 106 cm³/mol. The topological polar surface area (TPSA) is 60.9 Å². The van der Waals surface area contributed by atoms with Crippen molar-refractivity contribution in [2.45, 2.75) is 40.2 Å². The normalized spacial score (nSPS) is 15.8. The van der Waals surface area contributed by atoms with E-state index >= 15 is 0 Å².